The predicted molar refractivity (Wildman–Crippen MR) is 272 cm³/mol. The number of ether oxygens (including phenoxy) is 2. The van der Waals surface area contributed by atoms with Gasteiger partial charge in [-0.05, 0) is 94.9 Å². The molecule has 360 valence electrons. The van der Waals surface area contributed by atoms with Gasteiger partial charge in [-0.1, -0.05) is 162 Å². The molecule has 4 N–H and O–H groups in total. The molecular weight excluding hydrogens is 869 g/mol. The van der Waals surface area contributed by atoms with Gasteiger partial charge in [-0.3, -0.25) is 14.4 Å². The molecule has 6 rings (SSSR count). The molecule has 0 saturated carbocycles. The smallest absolute Gasteiger partial charge is 0.407 e. The minimum absolute atomic E-state index is 0.0603. The molecule has 12 heteroatoms. The number of primary amides is 1. The number of hydrogen-bond acceptors (Lipinski definition) is 7. The van der Waals surface area contributed by atoms with Gasteiger partial charge in [0, 0.05) is 26.0 Å². The van der Waals surface area contributed by atoms with Crippen molar-refractivity contribution in [2.24, 2.45) is 11.7 Å². The number of carbonyl (C=O) groups is 4. The van der Waals surface area contributed by atoms with Gasteiger partial charge >= 0.3 is 6.09 Å². The highest BCUT2D eigenvalue weighted by molar-refractivity contribution is 6.99. The number of likely N-dealkylation sites (N-methyl/N-ethyl adjacent to an activating group) is 1. The van der Waals surface area contributed by atoms with Gasteiger partial charge < -0.3 is 35.2 Å². The lowest BCUT2D eigenvalue weighted by molar-refractivity contribution is -0.142. The molecule has 5 aromatic carbocycles. The summed E-state index contributed by atoms with van der Waals surface area (Å²) in [4.78, 5) is 57.4. The highest BCUT2D eigenvalue weighted by Crippen LogP contribution is 2.44. The molecule has 4 amide bonds. The largest absolute Gasteiger partial charge is 0.488 e. The van der Waals surface area contributed by atoms with Crippen LogP contribution in [0.4, 0.5) is 4.79 Å². The van der Waals surface area contributed by atoms with E-state index in [-0.39, 0.29) is 41.9 Å². The number of nitrogens with zero attached hydrogens (tertiary/aromatic N) is 1. The number of amides is 4. The van der Waals surface area contributed by atoms with E-state index in [0.29, 0.717) is 25.2 Å². The van der Waals surface area contributed by atoms with Crippen molar-refractivity contribution in [3.05, 3.63) is 150 Å². The Kier molecular flexibility index (Phi) is 16.7. The molecule has 0 heterocycles. The van der Waals surface area contributed by atoms with E-state index in [1.54, 1.807) is 0 Å². The molecule has 0 radical (unpaired) electrons. The normalized spacial score (nSPS) is 14.4. The van der Waals surface area contributed by atoms with Crippen molar-refractivity contribution in [1.82, 2.24) is 15.5 Å². The van der Waals surface area contributed by atoms with Crippen molar-refractivity contribution in [3.63, 3.8) is 0 Å². The van der Waals surface area contributed by atoms with E-state index >= 15 is 0 Å². The minimum atomic E-state index is -2.91. The van der Waals surface area contributed by atoms with Crippen molar-refractivity contribution in [2.45, 2.75) is 116 Å². The lowest BCUT2D eigenvalue weighted by Gasteiger charge is -2.43. The van der Waals surface area contributed by atoms with Crippen LogP contribution in [-0.2, 0) is 30.0 Å². The molecule has 0 aromatic heterocycles. The lowest BCUT2D eigenvalue weighted by atomic mass is 9.95. The van der Waals surface area contributed by atoms with Crippen molar-refractivity contribution in [2.75, 3.05) is 20.3 Å². The standard InChI is InChI=1S/C56H70N4O7Si/c1-10-38(2)50(53(63)60(9)49(51(57)61)36-39-31-33-40(34-32-39)67-55(3,4)5)59-52(62)48(58-54(64)65-37-47-45-28-19-17-26-43(45)44-27-18-20-29-46(44)47)30-21-35-66-68(56(6,7)8,41-22-13-11-14-23-41)42-24-15-12-16-25-42/h11-20,22-29,31-34,38,47-50H,10,21,30,35-37H2,1-9H3,(H2,57,61)(H,58,64)(H,59,62)/t38-,48-,49-,50-/m0/s1. The van der Waals surface area contributed by atoms with Crippen LogP contribution in [-0.4, -0.2) is 81.0 Å². The van der Waals surface area contributed by atoms with Crippen LogP contribution in [0, 0.1) is 5.92 Å². The maximum atomic E-state index is 14.7. The second-order valence-electron chi connectivity index (χ2n) is 20.0. The Morgan fingerprint density at radius 3 is 1.76 bits per heavy atom. The summed E-state index contributed by atoms with van der Waals surface area (Å²) in [6.07, 6.45) is 0.530. The average molecular weight is 939 g/mol. The van der Waals surface area contributed by atoms with Crippen molar-refractivity contribution in [1.29, 1.82) is 0 Å². The lowest BCUT2D eigenvalue weighted by Crippen LogP contribution is -2.66. The fraction of sp³-hybridized carbons (Fsp3) is 0.393. The topological polar surface area (TPSA) is 149 Å². The predicted octanol–water partition coefficient (Wildman–Crippen LogP) is 8.51. The molecule has 0 aliphatic heterocycles. The van der Waals surface area contributed by atoms with E-state index in [4.69, 9.17) is 19.6 Å². The fourth-order valence-corrected chi connectivity index (χ4v) is 13.9. The monoisotopic (exact) mass is 939 g/mol. The van der Waals surface area contributed by atoms with Gasteiger partial charge in [-0.15, -0.1) is 0 Å². The SMILES string of the molecule is CC[C@H](C)[C@H](NC(=O)[C@H](CCCO[Si](c1ccccc1)(c1ccccc1)C(C)(C)C)NC(=O)OCC1c2ccccc2-c2ccccc21)C(=O)N(C)[C@@H](Cc1ccc(OC(C)(C)C)cc1)C(N)=O. The van der Waals surface area contributed by atoms with Gasteiger partial charge in [0.2, 0.25) is 17.7 Å². The summed E-state index contributed by atoms with van der Waals surface area (Å²) in [5.41, 5.74) is 10.7. The quantitative estimate of drug-likeness (QED) is 0.0524. The third-order valence-corrected chi connectivity index (χ3v) is 18.1. The third-order valence-electron chi connectivity index (χ3n) is 13.0. The van der Waals surface area contributed by atoms with E-state index in [2.05, 4.69) is 67.8 Å². The number of alkyl carbamates (subject to hydrolysis) is 1. The molecule has 0 unspecified atom stereocenters. The first kappa shape index (κ1) is 51.2. The minimum Gasteiger partial charge on any atom is -0.488 e. The molecule has 0 spiro atoms. The van der Waals surface area contributed by atoms with Gasteiger partial charge in [0.1, 0.15) is 36.1 Å². The number of fused-ring (bicyclic) bond motifs is 3. The van der Waals surface area contributed by atoms with E-state index in [0.717, 1.165) is 38.2 Å². The molecule has 5 aromatic rings. The number of rotatable bonds is 20. The molecule has 0 fully saturated rings. The molecule has 1 aliphatic rings. The van der Waals surface area contributed by atoms with Crippen molar-refractivity contribution >= 4 is 42.5 Å². The Labute approximate surface area is 404 Å². The maximum Gasteiger partial charge on any atom is 0.407 e. The van der Waals surface area contributed by atoms with Gasteiger partial charge in [-0.2, -0.15) is 0 Å². The van der Waals surface area contributed by atoms with Crippen LogP contribution >= 0.6 is 0 Å². The number of carbonyl (C=O) groups excluding carboxylic acids is 4. The Balaban J connectivity index is 1.23. The number of benzene rings is 5. The zero-order valence-electron chi connectivity index (χ0n) is 41.2. The first-order valence-corrected chi connectivity index (χ1v) is 25.8. The fourth-order valence-electron chi connectivity index (χ4n) is 9.33. The van der Waals surface area contributed by atoms with Crippen LogP contribution in [0.1, 0.15) is 97.3 Å². The van der Waals surface area contributed by atoms with Gasteiger partial charge in [0.05, 0.1) is 0 Å². The summed E-state index contributed by atoms with van der Waals surface area (Å²) in [5.74, 6) is -1.56. The first-order chi connectivity index (χ1) is 32.3. The first-order valence-electron chi connectivity index (χ1n) is 23.9. The van der Waals surface area contributed by atoms with E-state index in [9.17, 15) is 19.2 Å². The number of nitrogens with one attached hydrogen (secondary N) is 2. The van der Waals surface area contributed by atoms with Crippen LogP contribution in [0.5, 0.6) is 5.75 Å². The molecular formula is C56H70N4O7Si. The summed E-state index contributed by atoms with van der Waals surface area (Å²) in [5, 5.41) is 7.86. The van der Waals surface area contributed by atoms with Crippen molar-refractivity contribution in [3.8, 4) is 16.9 Å². The van der Waals surface area contributed by atoms with E-state index in [1.807, 2.05) is 132 Å². The number of nitrogens with two attached hydrogens (primary N) is 1. The highest BCUT2D eigenvalue weighted by Gasteiger charge is 2.50. The summed E-state index contributed by atoms with van der Waals surface area (Å²) in [6, 6.07) is 41.0. The summed E-state index contributed by atoms with van der Waals surface area (Å²) >= 11 is 0. The molecule has 0 saturated heterocycles. The Bertz CT molecular complexity index is 2400. The average Bonchev–Trinajstić information content (AvgIpc) is 3.64. The van der Waals surface area contributed by atoms with E-state index < -0.39 is 50.3 Å². The summed E-state index contributed by atoms with van der Waals surface area (Å²) in [7, 11) is -1.38. The molecule has 68 heavy (non-hydrogen) atoms. The second kappa shape index (κ2) is 22.2. The Hall–Kier alpha value is -6.24. The molecule has 4 atom stereocenters. The van der Waals surface area contributed by atoms with Crippen LogP contribution in [0.25, 0.3) is 11.1 Å². The maximum absolute atomic E-state index is 14.7. The second-order valence-corrected chi connectivity index (χ2v) is 24.3. The molecule has 1 aliphatic carbocycles. The van der Waals surface area contributed by atoms with Crippen LogP contribution < -0.4 is 31.5 Å². The zero-order chi connectivity index (χ0) is 49.2. The Morgan fingerprint density at radius 1 is 0.735 bits per heavy atom. The zero-order valence-corrected chi connectivity index (χ0v) is 42.2. The van der Waals surface area contributed by atoms with Gasteiger partial charge in [-0.25, -0.2) is 4.79 Å². The summed E-state index contributed by atoms with van der Waals surface area (Å²) < 4.78 is 19.1. The van der Waals surface area contributed by atoms with E-state index in [1.165, 1.54) is 11.9 Å². The van der Waals surface area contributed by atoms with Gasteiger partial charge in [0.25, 0.3) is 8.32 Å². The van der Waals surface area contributed by atoms with Crippen molar-refractivity contribution < 1.29 is 33.1 Å². The van der Waals surface area contributed by atoms with Crippen LogP contribution in [0.15, 0.2) is 133 Å². The molecule has 11 nitrogen and oxygen atoms in total. The number of hydrogen-bond donors (Lipinski definition) is 3. The highest BCUT2D eigenvalue weighted by atomic mass is 28.4. The molecule has 0 bridgehead atoms. The van der Waals surface area contributed by atoms with Crippen LogP contribution in [0.3, 0.4) is 0 Å². The Morgan fingerprint density at radius 2 is 1.26 bits per heavy atom. The van der Waals surface area contributed by atoms with Crippen LogP contribution in [0.2, 0.25) is 5.04 Å². The third kappa shape index (κ3) is 12.1. The van der Waals surface area contributed by atoms with Gasteiger partial charge in [0.15, 0.2) is 0 Å². The summed E-state index contributed by atoms with van der Waals surface area (Å²) in [6.45, 7) is 16.7.